The Kier molecular flexibility index (Phi) is 8.03. The van der Waals surface area contributed by atoms with Crippen LogP contribution in [-0.2, 0) is 16.4 Å². The van der Waals surface area contributed by atoms with Crippen LogP contribution in [0.3, 0.4) is 0 Å². The Balaban J connectivity index is 0.000000165. The van der Waals surface area contributed by atoms with Gasteiger partial charge in [0.15, 0.2) is 11.5 Å². The first kappa shape index (κ1) is 26.1. The minimum atomic E-state index is -0.708. The Morgan fingerprint density at radius 3 is 1.73 bits per heavy atom. The van der Waals surface area contributed by atoms with E-state index >= 15 is 0 Å². The van der Waals surface area contributed by atoms with Crippen molar-refractivity contribution in [1.82, 2.24) is 4.98 Å². The summed E-state index contributed by atoms with van der Waals surface area (Å²) in [6, 6.07) is 38.2. The van der Waals surface area contributed by atoms with E-state index in [0.717, 1.165) is 27.4 Å². The van der Waals surface area contributed by atoms with Crippen molar-refractivity contribution in [2.24, 2.45) is 0 Å². The van der Waals surface area contributed by atoms with Gasteiger partial charge in [0.25, 0.3) is 0 Å². The fourth-order valence-corrected chi connectivity index (χ4v) is 4.08. The normalized spacial score (nSPS) is 10.4. The van der Waals surface area contributed by atoms with Crippen molar-refractivity contribution in [3.05, 3.63) is 144 Å². The maximum absolute atomic E-state index is 11.5. The molecule has 5 aromatic carbocycles. The van der Waals surface area contributed by atoms with Crippen molar-refractivity contribution in [1.29, 1.82) is 0 Å². The number of ether oxygens (including phenoxy) is 1. The minimum absolute atomic E-state index is 0.186. The number of aromatic nitrogens is 1. The van der Waals surface area contributed by atoms with Crippen LogP contribution in [0.4, 0.5) is 0 Å². The van der Waals surface area contributed by atoms with Crippen LogP contribution in [0.5, 0.6) is 11.5 Å². The number of nitrogens with one attached hydrogen (secondary N) is 1. The van der Waals surface area contributed by atoms with Crippen LogP contribution in [0.25, 0.3) is 21.8 Å². The van der Waals surface area contributed by atoms with Crippen LogP contribution in [0.1, 0.15) is 26.3 Å². The van der Waals surface area contributed by atoms with E-state index < -0.39 is 11.9 Å². The first-order valence-electron chi connectivity index (χ1n) is 12.5. The molecule has 7 nitrogen and oxygen atoms in total. The zero-order valence-electron chi connectivity index (χ0n) is 21.3. The molecule has 1 heterocycles. The first-order chi connectivity index (χ1) is 19.6. The number of phenolic OH excluding ortho intramolecular Hbond substituents is 1. The Morgan fingerprint density at radius 1 is 0.600 bits per heavy atom. The zero-order valence-corrected chi connectivity index (χ0v) is 21.3. The lowest BCUT2D eigenvalue weighted by atomic mass is 10.1. The largest absolute Gasteiger partial charge is 0.504 e. The third kappa shape index (κ3) is 6.11. The van der Waals surface area contributed by atoms with Gasteiger partial charge in [-0.15, -0.1) is 0 Å². The van der Waals surface area contributed by atoms with Gasteiger partial charge in [0.2, 0.25) is 0 Å². The Hall–Kier alpha value is -5.56. The van der Waals surface area contributed by atoms with Crippen LogP contribution in [0.15, 0.2) is 127 Å². The van der Waals surface area contributed by atoms with Crippen molar-refractivity contribution < 1.29 is 29.2 Å². The van der Waals surface area contributed by atoms with Crippen molar-refractivity contribution in [3.63, 3.8) is 0 Å². The number of H-pyrrole nitrogens is 1. The van der Waals surface area contributed by atoms with E-state index in [1.165, 1.54) is 0 Å². The number of phenols is 1. The van der Waals surface area contributed by atoms with Crippen LogP contribution < -0.4 is 4.74 Å². The molecule has 0 saturated carbocycles. The summed E-state index contributed by atoms with van der Waals surface area (Å²) in [6.45, 7) is 0.433. The number of benzene rings is 5. The molecule has 0 amide bonds. The number of aromatic hydroxyl groups is 1. The van der Waals surface area contributed by atoms with Crippen LogP contribution in [-0.4, -0.2) is 22.0 Å². The second kappa shape index (κ2) is 12.3. The second-order valence-corrected chi connectivity index (χ2v) is 8.75. The lowest BCUT2D eigenvalue weighted by Gasteiger charge is -2.09. The van der Waals surface area contributed by atoms with E-state index in [9.17, 15) is 14.7 Å². The van der Waals surface area contributed by atoms with Gasteiger partial charge in [-0.25, -0.2) is 19.4 Å². The summed E-state index contributed by atoms with van der Waals surface area (Å²) >= 11 is 0. The average molecular weight is 532 g/mol. The molecule has 0 fully saturated rings. The van der Waals surface area contributed by atoms with Gasteiger partial charge in [0.1, 0.15) is 6.61 Å². The molecular formula is C33H25NO6. The minimum Gasteiger partial charge on any atom is -0.504 e. The van der Waals surface area contributed by atoms with E-state index in [0.29, 0.717) is 23.5 Å². The van der Waals surface area contributed by atoms with E-state index in [4.69, 9.17) is 4.74 Å². The highest BCUT2D eigenvalue weighted by atomic mass is 17.2. The summed E-state index contributed by atoms with van der Waals surface area (Å²) in [5.74, 6) is -0.730. The standard InChI is InChI=1S/C19H15NO2.C14H10O4/c21-19-17(22-12-13-6-2-1-3-7-13)11-10-16-18(19)14-8-4-5-9-15(14)20-16;15-13(11-7-3-1-4-8-11)17-18-14(16)12-9-5-2-6-10-12/h1-11,20-21H,12H2;1-10H. The van der Waals surface area contributed by atoms with Gasteiger partial charge < -0.3 is 14.8 Å². The predicted octanol–water partition coefficient (Wildman–Crippen LogP) is 7.22. The maximum Gasteiger partial charge on any atom is 0.386 e. The number of carbonyl (C=O) groups is 2. The van der Waals surface area contributed by atoms with Gasteiger partial charge in [0, 0.05) is 10.9 Å². The molecule has 2 N–H and O–H groups in total. The van der Waals surface area contributed by atoms with E-state index in [1.54, 1.807) is 66.7 Å². The van der Waals surface area contributed by atoms with Gasteiger partial charge in [-0.3, -0.25) is 0 Å². The quantitative estimate of drug-likeness (QED) is 0.180. The Bertz CT molecular complexity index is 1680. The fraction of sp³-hybridized carbons (Fsp3) is 0.0303. The number of fused-ring (bicyclic) bond motifs is 3. The van der Waals surface area contributed by atoms with Crippen molar-refractivity contribution in [3.8, 4) is 11.5 Å². The summed E-state index contributed by atoms with van der Waals surface area (Å²) < 4.78 is 5.79. The number of para-hydroxylation sites is 1. The molecule has 6 aromatic rings. The summed E-state index contributed by atoms with van der Waals surface area (Å²) in [4.78, 5) is 35.2. The molecule has 0 bridgehead atoms. The lowest BCUT2D eigenvalue weighted by molar-refractivity contribution is -0.187. The SMILES string of the molecule is O=C(OOC(=O)c1ccccc1)c1ccccc1.Oc1c(OCc2ccccc2)ccc2[nH]c3ccccc3c12. The predicted molar refractivity (Wildman–Crippen MR) is 152 cm³/mol. The number of hydrogen-bond acceptors (Lipinski definition) is 6. The highest BCUT2D eigenvalue weighted by Gasteiger charge is 2.14. The molecule has 0 aliphatic heterocycles. The van der Waals surface area contributed by atoms with Crippen molar-refractivity contribution in [2.45, 2.75) is 6.61 Å². The molecule has 0 aliphatic carbocycles. The summed E-state index contributed by atoms with van der Waals surface area (Å²) in [7, 11) is 0. The van der Waals surface area contributed by atoms with Crippen LogP contribution in [0, 0.1) is 0 Å². The molecule has 0 saturated heterocycles. The van der Waals surface area contributed by atoms with Gasteiger partial charge in [0.05, 0.1) is 22.0 Å². The molecule has 0 radical (unpaired) electrons. The van der Waals surface area contributed by atoms with Gasteiger partial charge in [-0.05, 0) is 48.0 Å². The molecule has 0 aliphatic rings. The van der Waals surface area contributed by atoms with Gasteiger partial charge in [-0.1, -0.05) is 84.9 Å². The highest BCUT2D eigenvalue weighted by molar-refractivity contribution is 6.11. The maximum atomic E-state index is 11.5. The van der Waals surface area contributed by atoms with Crippen LogP contribution >= 0.6 is 0 Å². The molecular weight excluding hydrogens is 506 g/mol. The topological polar surface area (TPSA) is 97.8 Å². The molecule has 0 spiro atoms. The Labute approximate surface area is 230 Å². The van der Waals surface area contributed by atoms with Crippen molar-refractivity contribution in [2.75, 3.05) is 0 Å². The fourth-order valence-electron chi connectivity index (χ4n) is 4.08. The Morgan fingerprint density at radius 2 is 1.12 bits per heavy atom. The molecule has 0 atom stereocenters. The summed E-state index contributed by atoms with van der Waals surface area (Å²) in [5.41, 5.74) is 3.62. The number of aromatic amines is 1. The molecule has 0 unspecified atom stereocenters. The highest BCUT2D eigenvalue weighted by Crippen LogP contribution is 2.39. The van der Waals surface area contributed by atoms with Crippen LogP contribution in [0.2, 0.25) is 0 Å². The van der Waals surface area contributed by atoms with E-state index in [2.05, 4.69) is 14.8 Å². The third-order valence-corrected chi connectivity index (χ3v) is 6.06. The first-order valence-corrected chi connectivity index (χ1v) is 12.5. The lowest BCUT2D eigenvalue weighted by Crippen LogP contribution is -2.11. The third-order valence-electron chi connectivity index (χ3n) is 6.06. The number of hydrogen-bond donors (Lipinski definition) is 2. The van der Waals surface area contributed by atoms with Gasteiger partial charge >= 0.3 is 11.9 Å². The molecule has 7 heteroatoms. The molecule has 40 heavy (non-hydrogen) atoms. The smallest absolute Gasteiger partial charge is 0.386 e. The number of carbonyl (C=O) groups excluding carboxylic acids is 2. The zero-order chi connectivity index (χ0) is 27.7. The van der Waals surface area contributed by atoms with E-state index in [-0.39, 0.29) is 5.75 Å². The molecule has 198 valence electrons. The summed E-state index contributed by atoms with van der Waals surface area (Å²) in [5, 5.41) is 12.4. The monoisotopic (exact) mass is 531 g/mol. The van der Waals surface area contributed by atoms with Gasteiger partial charge in [-0.2, -0.15) is 0 Å². The summed E-state index contributed by atoms with van der Waals surface area (Å²) in [6.07, 6.45) is 0. The molecule has 6 rings (SSSR count). The van der Waals surface area contributed by atoms with Crippen molar-refractivity contribution >= 4 is 33.7 Å². The number of rotatable bonds is 5. The van der Waals surface area contributed by atoms with E-state index in [1.807, 2.05) is 60.7 Å². The average Bonchev–Trinajstić information content (AvgIpc) is 3.40. The second-order valence-electron chi connectivity index (χ2n) is 8.75. The molecule has 1 aromatic heterocycles.